The van der Waals surface area contributed by atoms with Crippen LogP contribution in [0, 0.1) is 34.0 Å². The Morgan fingerprint density at radius 2 is 1.58 bits per heavy atom. The van der Waals surface area contributed by atoms with Crippen LogP contribution < -0.4 is 20.7 Å². The minimum atomic E-state index is -1.45. The maximum absolute atomic E-state index is 14.0. The van der Waals surface area contributed by atoms with Gasteiger partial charge in [-0.15, -0.1) is 0 Å². The standard InChI is InChI=1S/C61H71N3O13/c1-57(2,3)76-52(70)21-20-47(64-51(69)31-62-56(72)73-33-45-42-12-8-6-10-40(42)41-11-7-9-13-43(41)45)54(71)63-36-26-60(27-36)28-39(29-60)74-38-17-14-34(15-18-38)55-75-50-25-46-44-19-16-35-24-37(66)22-23-58(35,4)53(44)48(67)30-59(46,5)61(50,77-55)49(68)32-65/h6-15,17-18,22-24,36,39,44-48,50,53,55,65,67H,16,19-21,25-33H2,1-5H3,(H,62,72)(H,63,71)(H,64,69)/t36?,39?,44-,46-,47-,48-,50+,53+,55+,58-,59-,60?,61+/m0/s1. The number of nitrogens with one attached hydrogen (secondary N) is 3. The molecule has 0 bridgehead atoms. The molecule has 10 atom stereocenters. The molecule has 5 N–H and O–H groups in total. The van der Waals surface area contributed by atoms with Gasteiger partial charge in [0.2, 0.25) is 11.8 Å². The molecule has 0 radical (unpaired) electrons. The Labute approximate surface area is 449 Å². The summed E-state index contributed by atoms with van der Waals surface area (Å²) in [7, 11) is 0. The van der Waals surface area contributed by atoms with Crippen LogP contribution in [-0.4, -0.2) is 107 Å². The molecular formula is C61H71N3O13. The van der Waals surface area contributed by atoms with Crippen LogP contribution in [0.3, 0.4) is 0 Å². The van der Waals surface area contributed by atoms with Crippen LogP contribution in [-0.2, 0) is 42.9 Å². The van der Waals surface area contributed by atoms with Crippen LogP contribution in [0.15, 0.2) is 96.6 Å². The van der Waals surface area contributed by atoms with Gasteiger partial charge in [0.15, 0.2) is 23.5 Å². The van der Waals surface area contributed by atoms with Gasteiger partial charge in [0.25, 0.3) is 0 Å². The number of carbonyl (C=O) groups excluding carboxylic acids is 6. The molecule has 408 valence electrons. The van der Waals surface area contributed by atoms with Crippen LogP contribution >= 0.6 is 0 Å². The number of ether oxygens (including phenoxy) is 5. The van der Waals surface area contributed by atoms with E-state index in [1.54, 1.807) is 32.9 Å². The van der Waals surface area contributed by atoms with E-state index in [-0.39, 0.29) is 66.5 Å². The Morgan fingerprint density at radius 1 is 0.896 bits per heavy atom. The first-order chi connectivity index (χ1) is 36.7. The van der Waals surface area contributed by atoms with Gasteiger partial charge in [0, 0.05) is 40.7 Å². The third-order valence-corrected chi connectivity index (χ3v) is 18.7. The lowest BCUT2D eigenvalue weighted by Gasteiger charge is -2.59. The second kappa shape index (κ2) is 19.9. The Hall–Kier alpha value is -6.20. The van der Waals surface area contributed by atoms with Crippen LogP contribution in [0.4, 0.5) is 4.79 Å². The summed E-state index contributed by atoms with van der Waals surface area (Å²) in [6.07, 6.45) is 7.54. The molecule has 5 saturated carbocycles. The lowest BCUT2D eigenvalue weighted by molar-refractivity contribution is -0.201. The summed E-state index contributed by atoms with van der Waals surface area (Å²) >= 11 is 0. The van der Waals surface area contributed by atoms with E-state index in [1.165, 1.54) is 0 Å². The zero-order valence-corrected chi connectivity index (χ0v) is 44.5. The number of carbonyl (C=O) groups is 6. The van der Waals surface area contributed by atoms with Gasteiger partial charge in [-0.3, -0.25) is 24.0 Å². The molecule has 8 aliphatic rings. The van der Waals surface area contributed by atoms with Crippen molar-refractivity contribution in [1.82, 2.24) is 16.0 Å². The highest BCUT2D eigenvalue weighted by atomic mass is 16.7. The fourth-order valence-electron chi connectivity index (χ4n) is 15.4. The lowest BCUT2D eigenvalue weighted by atomic mass is 9.46. The molecule has 77 heavy (non-hydrogen) atoms. The Bertz CT molecular complexity index is 2870. The zero-order chi connectivity index (χ0) is 54.2. The number of hydrogen-bond acceptors (Lipinski definition) is 13. The van der Waals surface area contributed by atoms with Crippen molar-refractivity contribution in [2.75, 3.05) is 19.8 Å². The SMILES string of the molecule is CC(C)(C)OC(=O)CC[C@H](NC(=O)CNC(=O)OCC1c2ccccc2-c2ccccc21)C(=O)NC1CC2(C1)CC(Oc1ccc([C@@H]3O[C@@H]4C[C@H]5[C@@H]6CCC7=CC(=O)C=C[C@]7(C)[C@H]6[C@@H](O)C[C@]5(C)[C@]4(C(=O)CO)O3)cc1)C2. The molecule has 1 aliphatic heterocycles. The minimum Gasteiger partial charge on any atom is -0.490 e. The van der Waals surface area contributed by atoms with Gasteiger partial charge in [-0.2, -0.15) is 0 Å². The van der Waals surface area contributed by atoms with Crippen molar-refractivity contribution >= 4 is 35.4 Å². The average Bonchev–Trinajstić information content (AvgIpc) is 4.21. The van der Waals surface area contributed by atoms with Crippen LogP contribution in [0.2, 0.25) is 0 Å². The number of Topliss-reactive ketones (excluding diaryl/α,β-unsaturated/α-hetero) is 1. The van der Waals surface area contributed by atoms with E-state index in [1.807, 2.05) is 85.8 Å². The maximum atomic E-state index is 14.0. The van der Waals surface area contributed by atoms with Crippen LogP contribution in [0.1, 0.15) is 128 Å². The molecule has 1 saturated heterocycles. The summed E-state index contributed by atoms with van der Waals surface area (Å²) in [6, 6.07) is 22.3. The normalized spacial score (nSPS) is 33.5. The molecule has 3 aromatic carbocycles. The average molecular weight is 1050 g/mol. The van der Waals surface area contributed by atoms with Crippen molar-refractivity contribution in [3.8, 4) is 16.9 Å². The Kier molecular flexibility index (Phi) is 13.7. The van der Waals surface area contributed by atoms with Gasteiger partial charge in [-0.25, -0.2) is 4.79 Å². The summed E-state index contributed by atoms with van der Waals surface area (Å²) in [5.74, 6) is -1.56. The second-order valence-corrected chi connectivity index (χ2v) is 24.6. The van der Waals surface area contributed by atoms with E-state index in [4.69, 9.17) is 23.7 Å². The molecule has 16 heteroatoms. The number of fused-ring (bicyclic) bond motifs is 10. The van der Waals surface area contributed by atoms with Crippen LogP contribution in [0.5, 0.6) is 5.75 Å². The van der Waals surface area contributed by atoms with Gasteiger partial charge in [-0.05, 0) is 142 Å². The van der Waals surface area contributed by atoms with Crippen molar-refractivity contribution in [3.05, 3.63) is 113 Å². The largest absolute Gasteiger partial charge is 0.490 e. The number of benzene rings is 3. The first kappa shape index (κ1) is 52.8. The Morgan fingerprint density at radius 3 is 2.26 bits per heavy atom. The lowest BCUT2D eigenvalue weighted by Crippen LogP contribution is -2.63. The van der Waals surface area contributed by atoms with Crippen LogP contribution in [0.25, 0.3) is 11.1 Å². The summed E-state index contributed by atoms with van der Waals surface area (Å²) in [4.78, 5) is 78.9. The fourth-order valence-corrected chi connectivity index (χ4v) is 15.4. The summed E-state index contributed by atoms with van der Waals surface area (Å²) < 4.78 is 30.9. The minimum absolute atomic E-state index is 0.00189. The van der Waals surface area contributed by atoms with E-state index in [2.05, 4.69) is 22.9 Å². The van der Waals surface area contributed by atoms with Gasteiger partial charge in [-0.1, -0.05) is 86.2 Å². The first-order valence-corrected chi connectivity index (χ1v) is 27.5. The van der Waals surface area contributed by atoms with E-state index < -0.39 is 89.4 Å². The smallest absolute Gasteiger partial charge is 0.407 e. The summed E-state index contributed by atoms with van der Waals surface area (Å²) in [5, 5.41) is 30.7. The molecule has 6 fully saturated rings. The van der Waals surface area contributed by atoms with E-state index in [0.29, 0.717) is 24.2 Å². The molecule has 0 unspecified atom stereocenters. The maximum Gasteiger partial charge on any atom is 0.407 e. The topological polar surface area (TPSA) is 225 Å². The molecule has 3 aromatic rings. The number of alkyl carbamates (subject to hydrolysis) is 1. The summed E-state index contributed by atoms with van der Waals surface area (Å²) in [5.41, 5.74) is 2.63. The fraction of sp³-hybridized carbons (Fsp3) is 0.541. The molecule has 1 heterocycles. The number of hydrogen-bond donors (Lipinski definition) is 5. The quantitative estimate of drug-likeness (QED) is 0.0948. The Balaban J connectivity index is 0.657. The van der Waals surface area contributed by atoms with E-state index >= 15 is 0 Å². The number of rotatable bonds is 15. The van der Waals surface area contributed by atoms with Crippen molar-refractivity contribution in [2.24, 2.45) is 34.0 Å². The molecule has 3 amide bonds. The van der Waals surface area contributed by atoms with Crippen molar-refractivity contribution in [3.63, 3.8) is 0 Å². The number of amides is 3. The van der Waals surface area contributed by atoms with Crippen molar-refractivity contribution < 1.29 is 62.7 Å². The second-order valence-electron chi connectivity index (χ2n) is 24.6. The molecule has 0 aromatic heterocycles. The first-order valence-electron chi connectivity index (χ1n) is 27.5. The van der Waals surface area contributed by atoms with Gasteiger partial charge in [0.1, 0.15) is 37.2 Å². The molecule has 1 spiro atoms. The van der Waals surface area contributed by atoms with Gasteiger partial charge in [0.05, 0.1) is 18.3 Å². The molecule has 16 nitrogen and oxygen atoms in total. The van der Waals surface area contributed by atoms with E-state index in [9.17, 15) is 39.0 Å². The number of allylic oxidation sites excluding steroid dienone is 4. The number of ketones is 2. The highest BCUT2D eigenvalue weighted by molar-refractivity contribution is 6.01. The third kappa shape index (κ3) is 9.50. The number of aliphatic hydroxyl groups excluding tert-OH is 2. The van der Waals surface area contributed by atoms with Gasteiger partial charge >= 0.3 is 12.1 Å². The highest BCUT2D eigenvalue weighted by Gasteiger charge is 2.76. The third-order valence-electron chi connectivity index (χ3n) is 18.7. The molecular weight excluding hydrogens is 983 g/mol. The predicted molar refractivity (Wildman–Crippen MR) is 281 cm³/mol. The molecule has 7 aliphatic carbocycles. The van der Waals surface area contributed by atoms with E-state index in [0.717, 1.165) is 66.4 Å². The molecule has 11 rings (SSSR count). The van der Waals surface area contributed by atoms with Crippen molar-refractivity contribution in [2.45, 2.75) is 153 Å². The van der Waals surface area contributed by atoms with Gasteiger partial charge < -0.3 is 49.8 Å². The highest BCUT2D eigenvalue weighted by Crippen LogP contribution is 2.70. The summed E-state index contributed by atoms with van der Waals surface area (Å²) in [6.45, 7) is 8.34. The number of aliphatic hydroxyl groups is 2. The zero-order valence-electron chi connectivity index (χ0n) is 44.5. The van der Waals surface area contributed by atoms with Crippen molar-refractivity contribution in [1.29, 1.82) is 0 Å². The monoisotopic (exact) mass is 1050 g/mol. The predicted octanol–water partition coefficient (Wildman–Crippen LogP) is 7.24. The number of esters is 1.